The molecule has 1 spiro atoms. The number of aromatic amines is 1. The number of benzene rings is 3. The van der Waals surface area contributed by atoms with Crippen LogP contribution in [0.1, 0.15) is 169 Å². The van der Waals surface area contributed by atoms with Gasteiger partial charge in [0.2, 0.25) is 17.8 Å². The predicted molar refractivity (Wildman–Crippen MR) is 500 cm³/mol. The van der Waals surface area contributed by atoms with Crippen molar-refractivity contribution in [2.75, 3.05) is 94.6 Å². The zero-order valence-electron chi connectivity index (χ0n) is 77.0. The number of piperidine rings is 1. The topological polar surface area (TPSA) is 672 Å². The number of hydrazine groups is 1. The van der Waals surface area contributed by atoms with Gasteiger partial charge in [-0.1, -0.05) is 85.7 Å². The van der Waals surface area contributed by atoms with E-state index in [1.807, 2.05) is 56.1 Å². The number of likely N-dealkylation sites (N-methyl/N-ethyl adjacent to an activating group) is 1. The highest BCUT2D eigenvalue weighted by Crippen LogP contribution is 2.68. The second kappa shape index (κ2) is 45.1. The number of nitrogen functional groups attached to an aromatic ring is 1. The molecule has 3 fully saturated rings. The van der Waals surface area contributed by atoms with E-state index in [0.717, 1.165) is 27.8 Å². The van der Waals surface area contributed by atoms with E-state index >= 15 is 4.79 Å². The highest BCUT2D eigenvalue weighted by atomic mass is 33.1. The van der Waals surface area contributed by atoms with Gasteiger partial charge in [0.15, 0.2) is 34.3 Å². The second-order valence-electron chi connectivity index (χ2n) is 35.8. The normalized spacial score (nSPS) is 23.8. The number of nitrogens with one attached hydrogen (secondary N) is 7. The van der Waals surface area contributed by atoms with E-state index < -0.39 is 215 Å². The number of nitrogens with zero attached hydrogens (tertiary/aromatic N) is 7. The first-order valence-corrected chi connectivity index (χ1v) is 47.6. The number of H-pyrrole nitrogens is 1. The molecular formula is C92H119N17O26S2. The van der Waals surface area contributed by atoms with Crippen LogP contribution in [-0.4, -0.2) is 286 Å². The van der Waals surface area contributed by atoms with Crippen LogP contribution in [0.4, 0.5) is 22.1 Å². The quantitative estimate of drug-likeness (QED) is 0.00507. The van der Waals surface area contributed by atoms with Gasteiger partial charge in [-0.15, -0.1) is 0 Å². The summed E-state index contributed by atoms with van der Waals surface area (Å²) in [6, 6.07) is 12.0. The highest BCUT2D eigenvalue weighted by molar-refractivity contribution is 8.76. The molecule has 2 aliphatic carbocycles. The molecule has 0 radical (unpaired) electrons. The van der Waals surface area contributed by atoms with Gasteiger partial charge in [-0.3, -0.25) is 87.5 Å². The molecule has 1 unspecified atom stereocenters. The van der Waals surface area contributed by atoms with Gasteiger partial charge in [0, 0.05) is 122 Å². The van der Waals surface area contributed by atoms with E-state index in [1.54, 1.807) is 14.0 Å². The summed E-state index contributed by atoms with van der Waals surface area (Å²) in [5, 5.41) is 95.5. The van der Waals surface area contributed by atoms with Crippen molar-refractivity contribution in [1.82, 2.24) is 56.5 Å². The number of hydrogen-bond acceptors (Lipinski definition) is 32. The SMILES string of the molecule is CCC(=O)[C@H](CC(=O)O)NC(=O)[C@H](CC(=O)O)CC(=O)[C@H](CCCN=C(N)N)NC(=O)[C@H](CC(=O)O)CC(=O)CC[C@H](NC(=O)c1ccc(NCc2cnc3nc(N)[nH]c(=O)c3n2)cc1)C(=O)O.CC[C@]1(O)C[C@H]2CN(CCC3=C(Cc4ccccc43)[C@@](C(=O)OC)(c3cc4c(cc3OC)N(C)[C@H]3[C@@](O)(C(=O)NNC(=O)OCCSSC[C@H](C)C(=O)O)[C@H](O)[C@]5(CC)C=CCN6CC[C@]43[C@@H]65)C2)C1. The highest BCUT2D eigenvalue weighted by Gasteiger charge is 2.79. The zero-order chi connectivity index (χ0) is 99.9. The Morgan fingerprint density at radius 2 is 1.45 bits per heavy atom. The molecule has 740 valence electrons. The number of rotatable bonds is 43. The lowest BCUT2D eigenvalue weighted by atomic mass is 9.47. The van der Waals surface area contributed by atoms with Crippen molar-refractivity contribution in [2.45, 2.75) is 202 Å². The monoisotopic (exact) mass is 1940 g/mol. The maximum absolute atomic E-state index is 15.5. The zero-order valence-corrected chi connectivity index (χ0v) is 78.6. The molecule has 2 aromatic heterocycles. The van der Waals surface area contributed by atoms with Crippen molar-refractivity contribution in [1.29, 1.82) is 0 Å². The number of aliphatic hydroxyl groups is 3. The van der Waals surface area contributed by atoms with Crippen LogP contribution in [-0.2, 0) is 90.8 Å². The lowest BCUT2D eigenvalue weighted by molar-refractivity contribution is -0.204. The number of methoxy groups -OCH3 is 2. The average molecular weight is 1940 g/mol. The minimum atomic E-state index is -2.52. The molecule has 5 amide bonds. The summed E-state index contributed by atoms with van der Waals surface area (Å²) in [7, 11) is 7.54. The molecule has 16 atom stereocenters. The molecule has 3 aromatic carbocycles. The number of aliphatic carboxylic acids is 5. The van der Waals surface area contributed by atoms with E-state index in [0.29, 0.717) is 118 Å². The molecule has 43 nitrogen and oxygen atoms in total. The van der Waals surface area contributed by atoms with Crippen LogP contribution in [0.25, 0.3) is 16.7 Å². The number of amides is 5. The van der Waals surface area contributed by atoms with E-state index in [2.05, 4.69) is 85.0 Å². The fourth-order valence-corrected chi connectivity index (χ4v) is 22.8. The third-order valence-corrected chi connectivity index (χ3v) is 29.6. The van der Waals surface area contributed by atoms with E-state index in [-0.39, 0.29) is 73.5 Å². The molecule has 7 aliphatic rings. The molecule has 1 saturated carbocycles. The van der Waals surface area contributed by atoms with E-state index in [9.17, 15) is 103 Å². The second-order valence-corrected chi connectivity index (χ2v) is 38.4. The number of aliphatic hydroxyl groups excluding tert-OH is 1. The summed E-state index contributed by atoms with van der Waals surface area (Å²) >= 11 is 0. The van der Waals surface area contributed by atoms with Gasteiger partial charge >= 0.3 is 41.9 Å². The van der Waals surface area contributed by atoms with Crippen molar-refractivity contribution < 1.29 is 122 Å². The lowest BCUT2D eigenvalue weighted by Gasteiger charge is -2.63. The van der Waals surface area contributed by atoms with Gasteiger partial charge in [0.1, 0.15) is 35.7 Å². The van der Waals surface area contributed by atoms with Crippen LogP contribution in [0.15, 0.2) is 94.4 Å². The Morgan fingerprint density at radius 3 is 2.10 bits per heavy atom. The smallest absolute Gasteiger partial charge is 0.426 e. The maximum atomic E-state index is 15.5. The van der Waals surface area contributed by atoms with Crippen molar-refractivity contribution in [3.8, 4) is 5.75 Å². The minimum Gasteiger partial charge on any atom is -0.496 e. The Bertz CT molecular complexity index is 5600. The molecule has 12 rings (SSSR count). The number of aromatic nitrogens is 4. The molecule has 2 bridgehead atoms. The number of carboxylic acid groups (broad SMARTS) is 5. The van der Waals surface area contributed by atoms with E-state index in [1.165, 1.54) is 66.1 Å². The van der Waals surface area contributed by atoms with Gasteiger partial charge in [-0.05, 0) is 135 Å². The first-order chi connectivity index (χ1) is 65.0. The molecule has 5 aliphatic heterocycles. The van der Waals surface area contributed by atoms with Gasteiger partial charge in [0.25, 0.3) is 17.4 Å². The molecule has 2 saturated heterocycles. The Kier molecular flexibility index (Phi) is 34.5. The third kappa shape index (κ3) is 23.3. The Hall–Kier alpha value is -12.7. The van der Waals surface area contributed by atoms with Gasteiger partial charge < -0.3 is 98.4 Å². The Balaban J connectivity index is 0.000000263. The number of Topliss-reactive ketones (excluding diaryl/α,β-unsaturated/α-hetero) is 3. The van der Waals surface area contributed by atoms with Crippen molar-refractivity contribution in [3.63, 3.8) is 0 Å². The van der Waals surface area contributed by atoms with Crippen LogP contribution >= 0.6 is 21.6 Å². The van der Waals surface area contributed by atoms with Crippen LogP contribution < -0.4 is 64.5 Å². The maximum Gasteiger partial charge on any atom is 0.426 e. The number of hydrogen-bond donors (Lipinski definition) is 18. The number of nitrogens with two attached hydrogens (primary N) is 3. The summed E-state index contributed by atoms with van der Waals surface area (Å²) in [5.41, 5.74) is 20.8. The number of anilines is 3. The molecular weight excluding hydrogens is 1820 g/mol. The number of ketones is 3. The first kappa shape index (κ1) is 105. The number of fused-ring (bicyclic) bond motifs is 6. The Morgan fingerprint density at radius 1 is 0.759 bits per heavy atom. The van der Waals surface area contributed by atoms with Crippen molar-refractivity contribution in [2.24, 2.45) is 45.5 Å². The first-order valence-electron chi connectivity index (χ1n) is 45.2. The summed E-state index contributed by atoms with van der Waals surface area (Å²) in [6.45, 7) is 10.2. The van der Waals surface area contributed by atoms with Crippen LogP contribution in [0.3, 0.4) is 0 Å². The minimum absolute atomic E-state index is 0.0167. The third-order valence-electron chi connectivity index (χ3n) is 27.1. The molecule has 21 N–H and O–H groups in total. The van der Waals surface area contributed by atoms with E-state index in [4.69, 9.17) is 36.5 Å². The summed E-state index contributed by atoms with van der Waals surface area (Å²) in [6.07, 6.45) is 0.479. The van der Waals surface area contributed by atoms with Crippen LogP contribution in [0.2, 0.25) is 0 Å². The number of guanidine groups is 1. The van der Waals surface area contributed by atoms with Crippen LogP contribution in [0.5, 0.6) is 5.75 Å². The predicted octanol–water partition coefficient (Wildman–Crippen LogP) is 2.88. The fraction of sp³-hybridized carbons (Fsp3) is 0.533. The molecule has 45 heteroatoms. The number of carboxylic acids is 5. The van der Waals surface area contributed by atoms with Gasteiger partial charge in [-0.2, -0.15) is 4.98 Å². The van der Waals surface area contributed by atoms with Gasteiger partial charge in [0.05, 0.1) is 93.4 Å². The summed E-state index contributed by atoms with van der Waals surface area (Å²) in [5.74, 6) is -16.9. The Labute approximate surface area is 795 Å². The largest absolute Gasteiger partial charge is 0.496 e. The number of esters is 1. The summed E-state index contributed by atoms with van der Waals surface area (Å²) < 4.78 is 17.7. The lowest BCUT2D eigenvalue weighted by Crippen LogP contribution is -2.82. The molecule has 137 heavy (non-hydrogen) atoms. The van der Waals surface area contributed by atoms with Crippen LogP contribution in [0, 0.1) is 29.1 Å². The summed E-state index contributed by atoms with van der Waals surface area (Å²) in [4.78, 5) is 218. The number of aliphatic imine (C=N–C) groups is 1. The van der Waals surface area contributed by atoms with Crippen molar-refractivity contribution in [3.05, 3.63) is 128 Å². The fourth-order valence-electron chi connectivity index (χ4n) is 20.6. The van der Waals surface area contributed by atoms with Gasteiger partial charge in [-0.25, -0.2) is 25.0 Å². The number of ether oxygens (including phenoxy) is 3. The standard InChI is InChI=1S/C51H67N5O11S2.C41H52N12O15/c1-7-47(63)25-31-26-50(45(61)66-6,35-22-32-12-9-10-13-33(32)34(35)14-18-55(27-31)29-47)37-23-36-38(24-39(37)65-5)54(4)42-49(36)16-19-56-17-11-15-48(8-2,41(49)56)43(59)51(42,64)44(60)52-53-46(62)67-20-21-68-69-28-30(3)40(57)58;1-2-28(55)27(16-32(61)62)51-37(65)21(15-31(59)60)13-29(56)25(4-3-11-45-40(42)43)49-36(64)20(14-30(57)58)12-24(54)9-10-26(39(67)68)50-35(63)19-5-7-22(8-6-19)46-17-23-18-47-34-33(48-23)38(66)53-41(44)52-34/h9-13,15,23-24,30-31,41-43,59,63-64H,7-8,14,16-22,25-29H2,1-6H3,(H,52,60)(H,53,62)(H,57,58);5-8,18,20-21,25-27,46H,2-4,9-17H2,1H3,(H,49,64)(H,50,63)(H,51,65)(H,57,58)(H,59,60)(H,61,62)(H,67,68)(H4,42,43,45)(H3,44,47,52,53,66)/t30-,31+,41-,42+,43+,47-,48+,49+,50+,51-;20-,21-,25-,26-,27-/m00/s1. The molecule has 5 aromatic rings. The number of carbonyl (C=O) groups excluding carboxylic acids is 9. The average Bonchev–Trinajstić information content (AvgIpc) is 1.48. The van der Waals surface area contributed by atoms with Crippen molar-refractivity contribution >= 4 is 144 Å². The molecule has 7 heterocycles. The number of carbonyl (C=O) groups is 14.